The first-order valence-corrected chi connectivity index (χ1v) is 9.67. The molecule has 156 valence electrons. The van der Waals surface area contributed by atoms with E-state index in [2.05, 4.69) is 32.4 Å². The zero-order valence-electron chi connectivity index (χ0n) is 16.3. The van der Waals surface area contributed by atoms with E-state index in [0.717, 1.165) is 24.5 Å². The van der Waals surface area contributed by atoms with Crippen LogP contribution in [0.1, 0.15) is 12.6 Å². The van der Waals surface area contributed by atoms with Gasteiger partial charge < -0.3 is 10.6 Å². The molecule has 3 rings (SSSR count). The van der Waals surface area contributed by atoms with Crippen molar-refractivity contribution in [3.05, 3.63) is 69.5 Å². The second kappa shape index (κ2) is 9.90. The minimum atomic E-state index is -0.509. The summed E-state index contributed by atoms with van der Waals surface area (Å²) in [5.41, 5.74) is 8.30. The van der Waals surface area contributed by atoms with Gasteiger partial charge >= 0.3 is 0 Å². The van der Waals surface area contributed by atoms with Gasteiger partial charge in [-0.3, -0.25) is 14.8 Å². The molecule has 0 radical (unpaired) electrons. The summed E-state index contributed by atoms with van der Waals surface area (Å²) in [6.07, 6.45) is 1.85. The maximum Gasteiger partial charge on any atom is 0.271 e. The minimum Gasteiger partial charge on any atom is -0.370 e. The Morgan fingerprint density at radius 1 is 1.23 bits per heavy atom. The largest absolute Gasteiger partial charge is 0.370 e. The Labute approximate surface area is 178 Å². The van der Waals surface area contributed by atoms with Gasteiger partial charge in [-0.1, -0.05) is 16.8 Å². The molecule has 10 nitrogen and oxygen atoms in total. The highest BCUT2D eigenvalue weighted by Crippen LogP contribution is 2.30. The van der Waals surface area contributed by atoms with Gasteiger partial charge in [-0.2, -0.15) is 5.11 Å². The van der Waals surface area contributed by atoms with Gasteiger partial charge in [0.25, 0.3) is 5.69 Å². The van der Waals surface area contributed by atoms with Crippen LogP contribution in [0, 0.1) is 10.1 Å². The molecular formula is C19H21ClN8O2. The normalized spacial score (nSPS) is 11.2. The quantitative estimate of drug-likeness (QED) is 0.308. The molecule has 0 atom stereocenters. The van der Waals surface area contributed by atoms with Crippen molar-refractivity contribution in [1.82, 2.24) is 15.0 Å². The van der Waals surface area contributed by atoms with E-state index in [1.54, 1.807) is 4.68 Å². The van der Waals surface area contributed by atoms with Crippen molar-refractivity contribution in [2.24, 2.45) is 16.0 Å². The van der Waals surface area contributed by atoms with E-state index in [9.17, 15) is 10.1 Å². The van der Waals surface area contributed by atoms with Crippen LogP contribution in [0.15, 0.2) is 58.9 Å². The molecule has 2 N–H and O–H groups in total. The predicted molar refractivity (Wildman–Crippen MR) is 115 cm³/mol. The zero-order valence-corrected chi connectivity index (χ0v) is 17.1. The first-order valence-electron chi connectivity index (χ1n) is 9.30. The summed E-state index contributed by atoms with van der Waals surface area (Å²) < 4.78 is 1.78. The number of aromatic nitrogens is 3. The van der Waals surface area contributed by atoms with Gasteiger partial charge in [-0.15, -0.1) is 10.2 Å². The third-order valence-electron chi connectivity index (χ3n) is 4.41. The fourth-order valence-corrected chi connectivity index (χ4v) is 2.98. The van der Waals surface area contributed by atoms with Gasteiger partial charge in [0.15, 0.2) is 0 Å². The highest BCUT2D eigenvalue weighted by molar-refractivity contribution is 6.33. The smallest absolute Gasteiger partial charge is 0.271 e. The second-order valence-electron chi connectivity index (χ2n) is 6.37. The van der Waals surface area contributed by atoms with Crippen LogP contribution in [0.2, 0.25) is 5.02 Å². The molecule has 0 fully saturated rings. The lowest BCUT2D eigenvalue weighted by Gasteiger charge is -2.23. The summed E-state index contributed by atoms with van der Waals surface area (Å²) in [6, 6.07) is 11.7. The second-order valence-corrected chi connectivity index (χ2v) is 6.77. The topological polar surface area (TPSA) is 128 Å². The number of likely N-dealkylation sites (N-methyl/N-ethyl adjacent to an activating group) is 1. The zero-order chi connectivity index (χ0) is 21.5. The number of anilines is 1. The molecule has 1 heterocycles. The molecule has 0 aliphatic carbocycles. The van der Waals surface area contributed by atoms with Crippen LogP contribution < -0.4 is 10.6 Å². The molecular weight excluding hydrogens is 408 g/mol. The number of halogens is 1. The summed E-state index contributed by atoms with van der Waals surface area (Å²) in [4.78, 5) is 12.5. The van der Waals surface area contributed by atoms with E-state index < -0.39 is 4.92 Å². The fraction of sp³-hybridized carbons (Fsp3) is 0.263. The van der Waals surface area contributed by atoms with Gasteiger partial charge in [0.1, 0.15) is 5.69 Å². The van der Waals surface area contributed by atoms with Crippen LogP contribution >= 0.6 is 11.6 Å². The summed E-state index contributed by atoms with van der Waals surface area (Å²) in [7, 11) is 0. The number of non-ortho nitro benzene ring substituents is 1. The fourth-order valence-electron chi connectivity index (χ4n) is 2.77. The Hall–Kier alpha value is -3.37. The van der Waals surface area contributed by atoms with Crippen LogP contribution in [-0.2, 0) is 13.1 Å². The maximum absolute atomic E-state index is 10.8. The molecule has 2 aromatic carbocycles. The molecule has 0 saturated heterocycles. The van der Waals surface area contributed by atoms with E-state index in [-0.39, 0.29) is 10.7 Å². The van der Waals surface area contributed by atoms with Gasteiger partial charge in [0.05, 0.1) is 27.9 Å². The van der Waals surface area contributed by atoms with Crippen LogP contribution in [0.5, 0.6) is 0 Å². The number of benzene rings is 2. The summed E-state index contributed by atoms with van der Waals surface area (Å²) >= 11 is 6.04. The number of hydrogen-bond acceptors (Lipinski definition) is 8. The molecule has 0 bridgehead atoms. The average molecular weight is 429 g/mol. The van der Waals surface area contributed by atoms with Crippen molar-refractivity contribution in [2.75, 3.05) is 18.0 Å². The highest BCUT2D eigenvalue weighted by atomic mass is 35.5. The first kappa shape index (κ1) is 21.3. The van der Waals surface area contributed by atoms with Crippen molar-refractivity contribution < 1.29 is 4.92 Å². The number of nitrogens with two attached hydrogens (primary N) is 1. The number of nitro benzene ring substituents is 1. The Morgan fingerprint density at radius 2 is 2.00 bits per heavy atom. The monoisotopic (exact) mass is 428 g/mol. The number of nitrogens with zero attached hydrogens (tertiary/aromatic N) is 7. The molecule has 3 aromatic rings. The number of hydrogen-bond donors (Lipinski definition) is 1. The van der Waals surface area contributed by atoms with E-state index in [1.807, 2.05) is 30.5 Å². The Morgan fingerprint density at radius 3 is 2.60 bits per heavy atom. The number of azo groups is 1. The van der Waals surface area contributed by atoms with Gasteiger partial charge in [0.2, 0.25) is 0 Å². The SMILES string of the molecule is CCN(CCn1cc(CN)nn1)c1ccc(N=Nc2ccc([N+](=O)[O-])cc2Cl)cc1. The third kappa shape index (κ3) is 5.37. The lowest BCUT2D eigenvalue weighted by Crippen LogP contribution is -2.27. The van der Waals surface area contributed by atoms with Crippen LogP contribution in [0.3, 0.4) is 0 Å². The lowest BCUT2D eigenvalue weighted by molar-refractivity contribution is -0.384. The Bertz CT molecular complexity index is 1040. The van der Waals surface area contributed by atoms with Crippen molar-refractivity contribution in [2.45, 2.75) is 20.0 Å². The summed E-state index contributed by atoms with van der Waals surface area (Å²) in [6.45, 7) is 4.75. The van der Waals surface area contributed by atoms with Crippen LogP contribution in [-0.4, -0.2) is 33.0 Å². The average Bonchev–Trinajstić information content (AvgIpc) is 3.22. The highest BCUT2D eigenvalue weighted by Gasteiger charge is 2.09. The Balaban J connectivity index is 1.64. The van der Waals surface area contributed by atoms with Gasteiger partial charge in [-0.05, 0) is 37.3 Å². The lowest BCUT2D eigenvalue weighted by atomic mass is 10.2. The molecule has 1 aromatic heterocycles. The van der Waals surface area contributed by atoms with E-state index in [0.29, 0.717) is 24.5 Å². The summed E-state index contributed by atoms with van der Waals surface area (Å²) in [5, 5.41) is 27.2. The molecule has 0 unspecified atom stereocenters. The number of rotatable bonds is 9. The van der Waals surface area contributed by atoms with Gasteiger partial charge in [0, 0.05) is 43.7 Å². The third-order valence-corrected chi connectivity index (χ3v) is 4.71. The summed E-state index contributed by atoms with van der Waals surface area (Å²) in [5.74, 6) is 0. The van der Waals surface area contributed by atoms with Gasteiger partial charge in [-0.25, -0.2) is 0 Å². The predicted octanol–water partition coefficient (Wildman–Crippen LogP) is 4.24. The van der Waals surface area contributed by atoms with Crippen LogP contribution in [0.25, 0.3) is 0 Å². The molecule has 0 aliphatic rings. The van der Waals surface area contributed by atoms with Crippen molar-refractivity contribution in [3.8, 4) is 0 Å². The minimum absolute atomic E-state index is 0.0897. The molecule has 11 heteroatoms. The number of nitro groups is 1. The molecule has 0 saturated carbocycles. The van der Waals surface area contributed by atoms with Crippen molar-refractivity contribution in [3.63, 3.8) is 0 Å². The van der Waals surface area contributed by atoms with Crippen molar-refractivity contribution in [1.29, 1.82) is 0 Å². The molecule has 0 amide bonds. The van der Waals surface area contributed by atoms with Crippen LogP contribution in [0.4, 0.5) is 22.7 Å². The molecule has 30 heavy (non-hydrogen) atoms. The van der Waals surface area contributed by atoms with Crippen molar-refractivity contribution >= 4 is 34.4 Å². The van der Waals surface area contributed by atoms with E-state index >= 15 is 0 Å². The standard InChI is InChI=1S/C19H21ClN8O2/c1-2-26(9-10-27-13-15(12-21)23-25-27)16-5-3-14(4-6-16)22-24-19-8-7-17(28(29)30)11-18(19)20/h3-8,11,13H,2,9-10,12,21H2,1H3. The molecule has 0 spiro atoms. The Kier molecular flexibility index (Phi) is 7.04. The first-order chi connectivity index (χ1) is 14.5. The maximum atomic E-state index is 10.8. The van der Waals surface area contributed by atoms with E-state index in [4.69, 9.17) is 17.3 Å². The van der Waals surface area contributed by atoms with E-state index in [1.165, 1.54) is 18.2 Å². The molecule has 0 aliphatic heterocycles.